The van der Waals surface area contributed by atoms with E-state index in [0.717, 1.165) is 22.7 Å². The molecule has 1 fully saturated rings. The first kappa shape index (κ1) is 22.9. The Morgan fingerprint density at radius 3 is 2.52 bits per heavy atom. The van der Waals surface area contributed by atoms with Crippen LogP contribution < -0.4 is 10.6 Å². The Bertz CT molecular complexity index is 1030. The molecule has 2 N–H and O–H groups in total. The van der Waals surface area contributed by atoms with Crippen molar-refractivity contribution in [1.29, 1.82) is 0 Å². The standard InChI is InChI=1S/C22H27N3O5S/c1-16-9-11-18(12-10-16)31(28,29)25(2)15-21(26)24-20-8-4-3-7-19(20)22(27)23-14-17-6-5-13-30-17/h3-4,7-12,17H,5-6,13-15H2,1-2H3,(H,23,27)(H,24,26). The lowest BCUT2D eigenvalue weighted by Crippen LogP contribution is -2.36. The van der Waals surface area contributed by atoms with Gasteiger partial charge in [-0.25, -0.2) is 8.42 Å². The van der Waals surface area contributed by atoms with Gasteiger partial charge >= 0.3 is 0 Å². The number of anilines is 1. The average Bonchev–Trinajstić information content (AvgIpc) is 3.26. The predicted molar refractivity (Wildman–Crippen MR) is 117 cm³/mol. The lowest BCUT2D eigenvalue weighted by molar-refractivity contribution is -0.116. The van der Waals surface area contributed by atoms with Crippen LogP contribution in [-0.4, -0.2) is 57.4 Å². The molecule has 1 aliphatic rings. The second-order valence-electron chi connectivity index (χ2n) is 7.51. The van der Waals surface area contributed by atoms with Gasteiger partial charge in [0, 0.05) is 20.2 Å². The van der Waals surface area contributed by atoms with Gasteiger partial charge in [0.2, 0.25) is 15.9 Å². The van der Waals surface area contributed by atoms with Gasteiger partial charge in [-0.1, -0.05) is 29.8 Å². The van der Waals surface area contributed by atoms with Crippen LogP contribution in [0.4, 0.5) is 5.69 Å². The molecule has 3 rings (SSSR count). The van der Waals surface area contributed by atoms with Crippen LogP contribution in [0.15, 0.2) is 53.4 Å². The highest BCUT2D eigenvalue weighted by Crippen LogP contribution is 2.18. The molecule has 2 amide bonds. The largest absolute Gasteiger partial charge is 0.376 e. The molecule has 166 valence electrons. The van der Waals surface area contributed by atoms with Crippen molar-refractivity contribution in [2.24, 2.45) is 0 Å². The Hall–Kier alpha value is -2.75. The molecule has 0 spiro atoms. The van der Waals surface area contributed by atoms with E-state index < -0.39 is 15.9 Å². The van der Waals surface area contributed by atoms with E-state index in [4.69, 9.17) is 4.74 Å². The molecule has 0 radical (unpaired) electrons. The van der Waals surface area contributed by atoms with Gasteiger partial charge in [-0.2, -0.15) is 4.31 Å². The average molecular weight is 446 g/mol. The van der Waals surface area contributed by atoms with Crippen molar-refractivity contribution in [3.8, 4) is 0 Å². The number of rotatable bonds is 8. The third kappa shape index (κ3) is 5.90. The molecule has 0 aliphatic carbocycles. The van der Waals surface area contributed by atoms with Crippen LogP contribution in [0, 0.1) is 6.92 Å². The summed E-state index contributed by atoms with van der Waals surface area (Å²) >= 11 is 0. The number of nitrogens with one attached hydrogen (secondary N) is 2. The van der Waals surface area contributed by atoms with Crippen LogP contribution in [0.3, 0.4) is 0 Å². The van der Waals surface area contributed by atoms with Gasteiger partial charge in [0.1, 0.15) is 0 Å². The van der Waals surface area contributed by atoms with E-state index in [2.05, 4.69) is 10.6 Å². The summed E-state index contributed by atoms with van der Waals surface area (Å²) in [6, 6.07) is 13.0. The van der Waals surface area contributed by atoms with Crippen molar-refractivity contribution >= 4 is 27.5 Å². The van der Waals surface area contributed by atoms with Crippen molar-refractivity contribution in [3.63, 3.8) is 0 Å². The Morgan fingerprint density at radius 2 is 1.84 bits per heavy atom. The minimum atomic E-state index is -3.81. The molecule has 1 unspecified atom stereocenters. The predicted octanol–water partition coefficient (Wildman–Crippen LogP) is 2.16. The molecule has 8 nitrogen and oxygen atoms in total. The first-order chi connectivity index (χ1) is 14.8. The third-order valence-corrected chi connectivity index (χ3v) is 6.87. The summed E-state index contributed by atoms with van der Waals surface area (Å²) in [6.07, 6.45) is 1.89. The number of ether oxygens (including phenoxy) is 1. The van der Waals surface area contributed by atoms with Crippen molar-refractivity contribution in [2.75, 3.05) is 32.1 Å². The molecule has 2 aromatic rings. The van der Waals surface area contributed by atoms with Gasteiger partial charge in [0.25, 0.3) is 5.91 Å². The second kappa shape index (κ2) is 10.0. The summed E-state index contributed by atoms with van der Waals surface area (Å²) in [5, 5.41) is 5.47. The van der Waals surface area contributed by atoms with Gasteiger partial charge in [0.15, 0.2) is 0 Å². The van der Waals surface area contributed by atoms with Crippen LogP contribution in [0.1, 0.15) is 28.8 Å². The quantitative estimate of drug-likeness (QED) is 0.648. The monoisotopic (exact) mass is 445 g/mol. The van der Waals surface area contributed by atoms with Gasteiger partial charge in [-0.3, -0.25) is 9.59 Å². The maximum Gasteiger partial charge on any atom is 0.253 e. The molecule has 1 heterocycles. The molecule has 0 aromatic heterocycles. The molecule has 1 atom stereocenters. The number of hydrogen-bond acceptors (Lipinski definition) is 5. The Kier molecular flexibility index (Phi) is 7.42. The van der Waals surface area contributed by atoms with Crippen LogP contribution in [0.2, 0.25) is 0 Å². The number of benzene rings is 2. The minimum Gasteiger partial charge on any atom is -0.376 e. The Labute approximate surface area is 182 Å². The first-order valence-corrected chi connectivity index (χ1v) is 11.5. The fourth-order valence-corrected chi connectivity index (χ4v) is 4.39. The lowest BCUT2D eigenvalue weighted by Gasteiger charge is -2.18. The SMILES string of the molecule is Cc1ccc(S(=O)(=O)N(C)CC(=O)Nc2ccccc2C(=O)NCC2CCCO2)cc1. The number of hydrogen-bond donors (Lipinski definition) is 2. The van der Waals surface area contributed by atoms with Crippen LogP contribution in [0.25, 0.3) is 0 Å². The first-order valence-electron chi connectivity index (χ1n) is 10.1. The molecule has 31 heavy (non-hydrogen) atoms. The summed E-state index contributed by atoms with van der Waals surface area (Å²) in [5.41, 5.74) is 1.56. The normalized spacial score (nSPS) is 16.3. The molecular formula is C22H27N3O5S. The fraction of sp³-hybridized carbons (Fsp3) is 0.364. The summed E-state index contributed by atoms with van der Waals surface area (Å²) in [7, 11) is -2.47. The maximum atomic E-state index is 12.7. The smallest absolute Gasteiger partial charge is 0.253 e. The van der Waals surface area contributed by atoms with E-state index in [1.54, 1.807) is 36.4 Å². The number of nitrogens with zero attached hydrogens (tertiary/aromatic N) is 1. The molecule has 2 aromatic carbocycles. The molecular weight excluding hydrogens is 418 g/mol. The van der Waals surface area contributed by atoms with E-state index in [-0.39, 0.29) is 23.5 Å². The summed E-state index contributed by atoms with van der Waals surface area (Å²) in [6.45, 7) is 2.58. The van der Waals surface area contributed by atoms with E-state index >= 15 is 0 Å². The number of para-hydroxylation sites is 1. The van der Waals surface area contributed by atoms with Gasteiger partial charge in [-0.15, -0.1) is 0 Å². The topological polar surface area (TPSA) is 105 Å². The number of sulfonamides is 1. The Balaban J connectivity index is 1.63. The number of likely N-dealkylation sites (N-methyl/N-ethyl adjacent to an activating group) is 1. The maximum absolute atomic E-state index is 12.7. The zero-order chi connectivity index (χ0) is 22.4. The van der Waals surface area contributed by atoms with Gasteiger partial charge in [0.05, 0.1) is 28.8 Å². The summed E-state index contributed by atoms with van der Waals surface area (Å²) in [5.74, 6) is -0.871. The molecule has 0 bridgehead atoms. The third-order valence-electron chi connectivity index (χ3n) is 5.06. The molecule has 9 heteroatoms. The zero-order valence-electron chi connectivity index (χ0n) is 17.6. The highest BCUT2D eigenvalue weighted by Gasteiger charge is 2.24. The molecule has 1 saturated heterocycles. The number of carbonyl (C=O) groups is 2. The second-order valence-corrected chi connectivity index (χ2v) is 9.56. The van der Waals surface area contributed by atoms with E-state index in [9.17, 15) is 18.0 Å². The van der Waals surface area contributed by atoms with Crippen molar-refractivity contribution in [2.45, 2.75) is 30.8 Å². The van der Waals surface area contributed by atoms with E-state index in [1.807, 2.05) is 6.92 Å². The summed E-state index contributed by atoms with van der Waals surface area (Å²) in [4.78, 5) is 25.2. The lowest BCUT2D eigenvalue weighted by atomic mass is 10.1. The Morgan fingerprint density at radius 1 is 1.13 bits per heavy atom. The summed E-state index contributed by atoms with van der Waals surface area (Å²) < 4.78 is 31.9. The fourth-order valence-electron chi connectivity index (χ4n) is 3.26. The van der Waals surface area contributed by atoms with Crippen molar-refractivity contribution in [1.82, 2.24) is 9.62 Å². The van der Waals surface area contributed by atoms with Crippen LogP contribution >= 0.6 is 0 Å². The van der Waals surface area contributed by atoms with Crippen molar-refractivity contribution < 1.29 is 22.7 Å². The molecule has 0 saturated carbocycles. The van der Waals surface area contributed by atoms with Crippen molar-refractivity contribution in [3.05, 3.63) is 59.7 Å². The highest BCUT2D eigenvalue weighted by molar-refractivity contribution is 7.89. The van der Waals surface area contributed by atoms with Crippen LogP contribution in [-0.2, 0) is 19.6 Å². The van der Waals surface area contributed by atoms with Gasteiger partial charge < -0.3 is 15.4 Å². The zero-order valence-corrected chi connectivity index (χ0v) is 18.4. The number of amides is 2. The van der Waals surface area contributed by atoms with E-state index in [1.165, 1.54) is 19.2 Å². The van der Waals surface area contributed by atoms with E-state index in [0.29, 0.717) is 24.4 Å². The highest BCUT2D eigenvalue weighted by atomic mass is 32.2. The minimum absolute atomic E-state index is 0.00586. The number of carbonyl (C=O) groups excluding carboxylic acids is 2. The molecule has 1 aliphatic heterocycles. The van der Waals surface area contributed by atoms with Crippen LogP contribution in [0.5, 0.6) is 0 Å². The van der Waals surface area contributed by atoms with Gasteiger partial charge in [-0.05, 0) is 44.0 Å². The number of aryl methyl sites for hydroxylation is 1.